The summed E-state index contributed by atoms with van der Waals surface area (Å²) in [5.74, 6) is 0. The largest absolute Gasteiger partial charge is 0.394 e. The molecule has 0 spiro atoms. The summed E-state index contributed by atoms with van der Waals surface area (Å²) < 4.78 is 27.3. The van der Waals surface area contributed by atoms with Crippen molar-refractivity contribution in [3.8, 4) is 0 Å². The van der Waals surface area contributed by atoms with Crippen LogP contribution in [-0.2, 0) is 17.1 Å². The third-order valence-corrected chi connectivity index (χ3v) is 3.45. The second-order valence-electron chi connectivity index (χ2n) is 4.00. The van der Waals surface area contributed by atoms with Gasteiger partial charge in [0.2, 0.25) is 10.0 Å². The summed E-state index contributed by atoms with van der Waals surface area (Å²) in [7, 11) is -1.97. The van der Waals surface area contributed by atoms with Gasteiger partial charge in [0.15, 0.2) is 0 Å². The lowest BCUT2D eigenvalue weighted by Gasteiger charge is -2.22. The number of sulfonamides is 1. The summed E-state index contributed by atoms with van der Waals surface area (Å²) in [5, 5.41) is 12.7. The molecule has 1 aromatic rings. The molecule has 2 N–H and O–H groups in total. The number of hydrogen-bond donors (Lipinski definition) is 2. The molecule has 0 saturated carbocycles. The Hall–Kier alpha value is -0.920. The molecule has 0 unspecified atom stereocenters. The molecule has 1 heterocycles. The van der Waals surface area contributed by atoms with E-state index >= 15 is 0 Å². The maximum absolute atomic E-state index is 11.7. The van der Waals surface area contributed by atoms with Crippen LogP contribution in [0.1, 0.15) is 13.8 Å². The van der Waals surface area contributed by atoms with Crippen LogP contribution in [0.2, 0.25) is 0 Å². The minimum Gasteiger partial charge on any atom is -0.394 e. The molecule has 0 bridgehead atoms. The number of aromatic nitrogens is 2. The zero-order valence-corrected chi connectivity index (χ0v) is 9.74. The minimum atomic E-state index is -3.60. The van der Waals surface area contributed by atoms with E-state index < -0.39 is 15.6 Å². The summed E-state index contributed by atoms with van der Waals surface area (Å²) in [5.41, 5.74) is -0.880. The van der Waals surface area contributed by atoms with Crippen LogP contribution in [0.5, 0.6) is 0 Å². The highest BCUT2D eigenvalue weighted by Gasteiger charge is 2.26. The van der Waals surface area contributed by atoms with Gasteiger partial charge in [-0.2, -0.15) is 5.10 Å². The van der Waals surface area contributed by atoms with E-state index in [0.29, 0.717) is 0 Å². The molecular weight excluding hydrogens is 218 g/mol. The first-order valence-electron chi connectivity index (χ1n) is 4.40. The Morgan fingerprint density at radius 3 is 2.60 bits per heavy atom. The number of hydrogen-bond acceptors (Lipinski definition) is 4. The van der Waals surface area contributed by atoms with E-state index in [2.05, 4.69) is 9.82 Å². The molecule has 0 amide bonds. The van der Waals surface area contributed by atoms with Crippen molar-refractivity contribution < 1.29 is 13.5 Å². The summed E-state index contributed by atoms with van der Waals surface area (Å²) >= 11 is 0. The first-order valence-corrected chi connectivity index (χ1v) is 5.89. The van der Waals surface area contributed by atoms with Crippen molar-refractivity contribution in [2.75, 3.05) is 6.61 Å². The standard InChI is InChI=1S/C8H15N3O3S/c1-8(2,6-12)10-15(13,14)7-4-9-11(3)5-7/h4-5,10,12H,6H2,1-3H3. The average Bonchev–Trinajstić information content (AvgIpc) is 2.51. The molecule has 0 aliphatic heterocycles. The van der Waals surface area contributed by atoms with Crippen molar-refractivity contribution in [2.45, 2.75) is 24.3 Å². The smallest absolute Gasteiger partial charge is 0.244 e. The molecular formula is C8H15N3O3S. The summed E-state index contributed by atoms with van der Waals surface area (Å²) in [4.78, 5) is 0.0894. The molecule has 0 aromatic carbocycles. The van der Waals surface area contributed by atoms with E-state index in [1.807, 2.05) is 0 Å². The molecule has 6 nitrogen and oxygen atoms in total. The lowest BCUT2D eigenvalue weighted by atomic mass is 10.1. The van der Waals surface area contributed by atoms with Gasteiger partial charge in [0.05, 0.1) is 18.3 Å². The Morgan fingerprint density at radius 2 is 2.20 bits per heavy atom. The van der Waals surface area contributed by atoms with Gasteiger partial charge in [-0.05, 0) is 13.8 Å². The Kier molecular flexibility index (Phi) is 3.17. The Balaban J connectivity index is 2.95. The van der Waals surface area contributed by atoms with Crippen molar-refractivity contribution in [1.29, 1.82) is 0 Å². The van der Waals surface area contributed by atoms with Crippen molar-refractivity contribution in [2.24, 2.45) is 7.05 Å². The fraction of sp³-hybridized carbons (Fsp3) is 0.625. The van der Waals surface area contributed by atoms with E-state index in [4.69, 9.17) is 5.11 Å². The van der Waals surface area contributed by atoms with E-state index in [1.54, 1.807) is 20.9 Å². The number of rotatable bonds is 4. The topological polar surface area (TPSA) is 84.2 Å². The number of aryl methyl sites for hydroxylation is 1. The SMILES string of the molecule is Cn1cc(S(=O)(=O)NC(C)(C)CO)cn1. The molecule has 0 saturated heterocycles. The number of nitrogens with one attached hydrogen (secondary N) is 1. The van der Waals surface area contributed by atoms with Gasteiger partial charge in [-0.15, -0.1) is 0 Å². The molecule has 0 aliphatic carbocycles. The quantitative estimate of drug-likeness (QED) is 0.732. The predicted molar refractivity (Wildman–Crippen MR) is 54.7 cm³/mol. The zero-order chi connectivity index (χ0) is 11.7. The highest BCUT2D eigenvalue weighted by Crippen LogP contribution is 2.11. The number of nitrogens with zero attached hydrogens (tertiary/aromatic N) is 2. The maximum Gasteiger partial charge on any atom is 0.244 e. The molecule has 0 fully saturated rings. The van der Waals surface area contributed by atoms with Gasteiger partial charge in [0.25, 0.3) is 0 Å². The molecule has 0 radical (unpaired) electrons. The molecule has 1 aromatic heterocycles. The second kappa shape index (κ2) is 3.92. The van der Waals surface area contributed by atoms with Crippen LogP contribution in [0.15, 0.2) is 17.3 Å². The van der Waals surface area contributed by atoms with E-state index in [9.17, 15) is 8.42 Å². The van der Waals surface area contributed by atoms with E-state index in [0.717, 1.165) is 0 Å². The van der Waals surface area contributed by atoms with Crippen LogP contribution >= 0.6 is 0 Å². The van der Waals surface area contributed by atoms with Gasteiger partial charge in [-0.1, -0.05) is 0 Å². The average molecular weight is 233 g/mol. The Labute approximate surface area is 89.0 Å². The van der Waals surface area contributed by atoms with Gasteiger partial charge >= 0.3 is 0 Å². The number of aliphatic hydroxyl groups is 1. The van der Waals surface area contributed by atoms with Gasteiger partial charge in [0.1, 0.15) is 4.90 Å². The van der Waals surface area contributed by atoms with Crippen molar-refractivity contribution in [3.63, 3.8) is 0 Å². The second-order valence-corrected chi connectivity index (χ2v) is 5.68. The minimum absolute atomic E-state index is 0.0894. The van der Waals surface area contributed by atoms with Gasteiger partial charge in [-0.25, -0.2) is 13.1 Å². The summed E-state index contributed by atoms with van der Waals surface area (Å²) in [6.45, 7) is 2.92. The van der Waals surface area contributed by atoms with Crippen LogP contribution in [0, 0.1) is 0 Å². The lowest BCUT2D eigenvalue weighted by Crippen LogP contribution is -2.46. The highest BCUT2D eigenvalue weighted by atomic mass is 32.2. The van der Waals surface area contributed by atoms with Gasteiger partial charge in [-0.3, -0.25) is 4.68 Å². The summed E-state index contributed by atoms with van der Waals surface area (Å²) in [6, 6.07) is 0. The van der Waals surface area contributed by atoms with Crippen LogP contribution in [0.4, 0.5) is 0 Å². The normalized spacial score (nSPS) is 13.1. The predicted octanol–water partition coefficient (Wildman–Crippen LogP) is -0.531. The zero-order valence-electron chi connectivity index (χ0n) is 8.93. The molecule has 15 heavy (non-hydrogen) atoms. The highest BCUT2D eigenvalue weighted by molar-refractivity contribution is 7.89. The molecule has 7 heteroatoms. The van der Waals surface area contributed by atoms with Crippen molar-refractivity contribution >= 4 is 10.0 Å². The molecule has 0 atom stereocenters. The van der Waals surface area contributed by atoms with Crippen LogP contribution in [0.25, 0.3) is 0 Å². The van der Waals surface area contributed by atoms with Crippen LogP contribution in [-0.4, -0.2) is 35.5 Å². The molecule has 0 aliphatic rings. The summed E-state index contributed by atoms with van der Waals surface area (Å²) in [6.07, 6.45) is 2.66. The lowest BCUT2D eigenvalue weighted by molar-refractivity contribution is 0.208. The van der Waals surface area contributed by atoms with Crippen molar-refractivity contribution in [3.05, 3.63) is 12.4 Å². The van der Waals surface area contributed by atoms with E-state index in [1.165, 1.54) is 17.1 Å². The Morgan fingerprint density at radius 1 is 1.60 bits per heavy atom. The van der Waals surface area contributed by atoms with Crippen LogP contribution < -0.4 is 4.72 Å². The molecule has 86 valence electrons. The first-order chi connectivity index (χ1) is 6.77. The fourth-order valence-electron chi connectivity index (χ4n) is 0.992. The fourth-order valence-corrected chi connectivity index (χ4v) is 2.38. The van der Waals surface area contributed by atoms with E-state index in [-0.39, 0.29) is 11.5 Å². The van der Waals surface area contributed by atoms with Gasteiger partial charge < -0.3 is 5.11 Å². The van der Waals surface area contributed by atoms with Gasteiger partial charge in [0, 0.05) is 13.2 Å². The monoisotopic (exact) mass is 233 g/mol. The Bertz CT molecular complexity index is 436. The third kappa shape index (κ3) is 3.01. The third-order valence-electron chi connectivity index (χ3n) is 1.80. The van der Waals surface area contributed by atoms with Crippen LogP contribution in [0.3, 0.4) is 0 Å². The number of aliphatic hydroxyl groups excluding tert-OH is 1. The maximum atomic E-state index is 11.7. The first kappa shape index (κ1) is 12.2. The molecule has 1 rings (SSSR count). The van der Waals surface area contributed by atoms with Crippen molar-refractivity contribution in [1.82, 2.24) is 14.5 Å².